The molecule has 2 N–H and O–H groups in total. The van der Waals surface area contributed by atoms with Crippen molar-refractivity contribution in [1.82, 2.24) is 20.2 Å². The van der Waals surface area contributed by atoms with E-state index < -0.39 is 0 Å². The van der Waals surface area contributed by atoms with Crippen molar-refractivity contribution in [3.05, 3.63) is 60.6 Å². The normalized spacial score (nSPS) is 25.5. The maximum Gasteiger partial charge on any atom is 0.150 e. The first-order chi connectivity index (χ1) is 14.3. The topological polar surface area (TPSA) is 61.3 Å². The third-order valence-electron chi connectivity index (χ3n) is 6.63. The van der Waals surface area contributed by atoms with Crippen molar-refractivity contribution >= 4 is 10.8 Å². The molecule has 2 saturated heterocycles. The number of hydrogen-bond donors (Lipinski definition) is 2. The number of aromatic nitrogens is 2. The number of fused-ring (bicyclic) bond motifs is 1. The highest BCUT2D eigenvalue weighted by molar-refractivity contribution is 5.86. The number of hydrogen-bond acceptors (Lipinski definition) is 5. The van der Waals surface area contributed by atoms with Gasteiger partial charge in [0.1, 0.15) is 0 Å². The van der Waals surface area contributed by atoms with Crippen LogP contribution in [0.2, 0.25) is 0 Å². The Bertz CT molecular complexity index is 999. The fraction of sp³-hybridized carbons (Fsp3) is 0.417. The summed E-state index contributed by atoms with van der Waals surface area (Å²) in [4.78, 5) is 12.4. The molecule has 2 fully saturated rings. The van der Waals surface area contributed by atoms with Gasteiger partial charge in [-0.3, -0.25) is 4.90 Å². The van der Waals surface area contributed by atoms with Crippen LogP contribution in [-0.4, -0.2) is 52.8 Å². The molecule has 2 aliphatic heterocycles. The van der Waals surface area contributed by atoms with Gasteiger partial charge in [-0.05, 0) is 61.2 Å². The molecular weight excluding hydrogens is 360 g/mol. The summed E-state index contributed by atoms with van der Waals surface area (Å²) in [6.07, 6.45) is 5.14. The van der Waals surface area contributed by atoms with Crippen molar-refractivity contribution in [2.45, 2.75) is 24.8 Å². The predicted octanol–water partition coefficient (Wildman–Crippen LogP) is 3.19. The second-order valence-corrected chi connectivity index (χ2v) is 8.42. The highest BCUT2D eigenvalue weighted by atomic mass is 16.3. The first-order valence-corrected chi connectivity index (χ1v) is 10.7. The molecule has 1 unspecified atom stereocenters. The first kappa shape index (κ1) is 18.7. The van der Waals surface area contributed by atoms with E-state index in [2.05, 4.69) is 52.7 Å². The molecule has 2 atom stereocenters. The molecule has 5 heteroatoms. The summed E-state index contributed by atoms with van der Waals surface area (Å²) in [7, 11) is 0. The lowest BCUT2D eigenvalue weighted by Crippen LogP contribution is -2.53. The summed E-state index contributed by atoms with van der Waals surface area (Å²) in [5.41, 5.74) is 1.92. The van der Waals surface area contributed by atoms with Gasteiger partial charge < -0.3 is 10.4 Å². The molecule has 2 aromatic carbocycles. The molecule has 0 bridgehead atoms. The predicted molar refractivity (Wildman–Crippen MR) is 116 cm³/mol. The van der Waals surface area contributed by atoms with Crippen LogP contribution in [0.1, 0.15) is 25.1 Å². The maximum absolute atomic E-state index is 9.71. The second kappa shape index (κ2) is 7.82. The lowest BCUT2D eigenvalue weighted by atomic mass is 9.88. The van der Waals surface area contributed by atoms with Crippen molar-refractivity contribution in [1.29, 1.82) is 0 Å². The molecule has 0 saturated carbocycles. The van der Waals surface area contributed by atoms with Gasteiger partial charge in [-0.15, -0.1) is 0 Å². The number of piperidine rings is 1. The van der Waals surface area contributed by atoms with E-state index in [4.69, 9.17) is 9.97 Å². The zero-order valence-corrected chi connectivity index (χ0v) is 16.7. The van der Waals surface area contributed by atoms with E-state index in [1.807, 2.05) is 12.3 Å². The summed E-state index contributed by atoms with van der Waals surface area (Å²) in [5, 5.41) is 15.7. The fourth-order valence-electron chi connectivity index (χ4n) is 4.98. The van der Waals surface area contributed by atoms with E-state index in [-0.39, 0.29) is 12.1 Å². The Labute approximate surface area is 171 Å². The number of aliphatic hydroxyl groups excluding tert-OH is 1. The van der Waals surface area contributed by atoms with Gasteiger partial charge in [0.15, 0.2) is 5.82 Å². The van der Waals surface area contributed by atoms with Gasteiger partial charge >= 0.3 is 0 Å². The minimum absolute atomic E-state index is 0.180. The third kappa shape index (κ3) is 3.44. The molecule has 3 heterocycles. The van der Waals surface area contributed by atoms with Gasteiger partial charge in [-0.25, -0.2) is 9.97 Å². The van der Waals surface area contributed by atoms with Crippen LogP contribution in [0.15, 0.2) is 54.7 Å². The lowest BCUT2D eigenvalue weighted by Gasteiger charge is -2.44. The zero-order chi connectivity index (χ0) is 19.7. The molecular formula is C24H28N4O. The smallest absolute Gasteiger partial charge is 0.150 e. The van der Waals surface area contributed by atoms with E-state index in [1.54, 1.807) is 0 Å². The molecule has 0 aliphatic carbocycles. The van der Waals surface area contributed by atoms with Gasteiger partial charge in [0.05, 0.1) is 11.2 Å². The first-order valence-electron chi connectivity index (χ1n) is 10.7. The van der Waals surface area contributed by atoms with Crippen LogP contribution in [-0.2, 0) is 5.54 Å². The van der Waals surface area contributed by atoms with Crippen molar-refractivity contribution in [2.24, 2.45) is 5.92 Å². The Kier molecular flexibility index (Phi) is 5.04. The highest BCUT2D eigenvalue weighted by Gasteiger charge is 2.45. The molecule has 150 valence electrons. The molecule has 1 aromatic heterocycles. The molecule has 2 aliphatic rings. The zero-order valence-electron chi connectivity index (χ0n) is 16.7. The van der Waals surface area contributed by atoms with Crippen LogP contribution < -0.4 is 5.32 Å². The van der Waals surface area contributed by atoms with E-state index in [0.29, 0.717) is 5.92 Å². The monoisotopic (exact) mass is 388 g/mol. The van der Waals surface area contributed by atoms with Crippen LogP contribution >= 0.6 is 0 Å². The van der Waals surface area contributed by atoms with Crippen LogP contribution in [0.25, 0.3) is 22.0 Å². The van der Waals surface area contributed by atoms with E-state index in [0.717, 1.165) is 62.5 Å². The summed E-state index contributed by atoms with van der Waals surface area (Å²) in [5.74, 6) is 1.26. The average Bonchev–Trinajstić information content (AvgIpc) is 3.30. The summed E-state index contributed by atoms with van der Waals surface area (Å²) in [6.45, 7) is 4.07. The van der Waals surface area contributed by atoms with Crippen LogP contribution in [0.3, 0.4) is 0 Å². The molecule has 0 amide bonds. The lowest BCUT2D eigenvalue weighted by molar-refractivity contribution is 0.0296. The van der Waals surface area contributed by atoms with Gasteiger partial charge in [0.2, 0.25) is 0 Å². The van der Waals surface area contributed by atoms with Crippen LogP contribution in [0.5, 0.6) is 0 Å². The van der Waals surface area contributed by atoms with Gasteiger partial charge in [-0.1, -0.05) is 36.4 Å². The summed E-state index contributed by atoms with van der Waals surface area (Å²) >= 11 is 0. The minimum atomic E-state index is -0.180. The summed E-state index contributed by atoms with van der Waals surface area (Å²) in [6, 6.07) is 17.0. The Balaban J connectivity index is 1.52. The minimum Gasteiger partial charge on any atom is -0.396 e. The number of rotatable bonds is 4. The Morgan fingerprint density at radius 2 is 2.03 bits per heavy atom. The van der Waals surface area contributed by atoms with E-state index >= 15 is 0 Å². The van der Waals surface area contributed by atoms with Crippen LogP contribution in [0, 0.1) is 5.92 Å². The van der Waals surface area contributed by atoms with Gasteiger partial charge in [-0.2, -0.15) is 0 Å². The Morgan fingerprint density at radius 1 is 1.14 bits per heavy atom. The largest absolute Gasteiger partial charge is 0.396 e. The standard InChI is InChI=1S/C24H28N4O/c29-16-18-4-3-13-28(15-18)24(10-12-25-17-24)23-26-11-9-22(27-23)21-8-7-19-5-1-2-6-20(19)14-21/h1-2,5-9,11,14,18,25,29H,3-4,10,12-13,15-17H2/t18?,24-/m0/s1. The van der Waals surface area contributed by atoms with Gasteiger partial charge in [0.25, 0.3) is 0 Å². The van der Waals surface area contributed by atoms with Crippen LogP contribution in [0.4, 0.5) is 0 Å². The van der Waals surface area contributed by atoms with E-state index in [9.17, 15) is 5.11 Å². The maximum atomic E-state index is 9.71. The number of nitrogens with one attached hydrogen (secondary N) is 1. The van der Waals surface area contributed by atoms with Crippen molar-refractivity contribution < 1.29 is 5.11 Å². The molecule has 5 rings (SSSR count). The molecule has 0 radical (unpaired) electrons. The molecule has 5 nitrogen and oxygen atoms in total. The number of aliphatic hydroxyl groups is 1. The molecule has 29 heavy (non-hydrogen) atoms. The molecule has 0 spiro atoms. The summed E-state index contributed by atoms with van der Waals surface area (Å²) < 4.78 is 0. The number of likely N-dealkylation sites (tertiary alicyclic amines) is 1. The fourth-order valence-corrected chi connectivity index (χ4v) is 4.98. The Hall–Kier alpha value is -2.34. The SMILES string of the molecule is OCC1CCCN([C@@]2(c3nccc(-c4ccc5ccccc5c4)n3)CCNC2)C1. The third-order valence-corrected chi connectivity index (χ3v) is 6.63. The van der Waals surface area contributed by atoms with Crippen molar-refractivity contribution in [3.8, 4) is 11.3 Å². The Morgan fingerprint density at radius 3 is 2.86 bits per heavy atom. The van der Waals surface area contributed by atoms with Crippen molar-refractivity contribution in [2.75, 3.05) is 32.8 Å². The number of benzene rings is 2. The average molecular weight is 389 g/mol. The van der Waals surface area contributed by atoms with Gasteiger partial charge in [0, 0.05) is 31.5 Å². The van der Waals surface area contributed by atoms with E-state index in [1.165, 1.54) is 10.8 Å². The number of nitrogens with zero attached hydrogens (tertiary/aromatic N) is 3. The molecule has 3 aromatic rings. The van der Waals surface area contributed by atoms with Crippen molar-refractivity contribution in [3.63, 3.8) is 0 Å². The second-order valence-electron chi connectivity index (χ2n) is 8.42. The highest BCUT2D eigenvalue weighted by Crippen LogP contribution is 2.36. The quantitative estimate of drug-likeness (QED) is 0.719.